The van der Waals surface area contributed by atoms with Crippen molar-refractivity contribution in [1.29, 1.82) is 0 Å². The highest BCUT2D eigenvalue weighted by molar-refractivity contribution is 7.15. The Morgan fingerprint density at radius 3 is 2.88 bits per heavy atom. The number of carbonyl (C=O) groups is 1. The average Bonchev–Trinajstić information content (AvgIpc) is 3.24. The number of furan rings is 1. The van der Waals surface area contributed by atoms with Crippen LogP contribution in [0, 0.1) is 13.8 Å². The number of hydrogen-bond donors (Lipinski definition) is 1. The molecule has 1 N–H and O–H groups in total. The fourth-order valence-electron chi connectivity index (χ4n) is 2.39. The molecule has 0 fully saturated rings. The fourth-order valence-corrected chi connectivity index (χ4v) is 3.27. The van der Waals surface area contributed by atoms with E-state index in [1.54, 1.807) is 24.3 Å². The lowest BCUT2D eigenvalue weighted by Crippen LogP contribution is -2.31. The second kappa shape index (κ2) is 7.92. The molecule has 0 aliphatic rings. The minimum Gasteiger partial charge on any atom is -0.465 e. The molecule has 0 spiro atoms. The summed E-state index contributed by atoms with van der Waals surface area (Å²) in [5.74, 6) is 0.334. The van der Waals surface area contributed by atoms with Crippen LogP contribution < -0.4 is 10.9 Å². The van der Waals surface area contributed by atoms with Crippen molar-refractivity contribution in [2.45, 2.75) is 20.4 Å². The number of amides is 1. The molecule has 0 radical (unpaired) electrons. The number of aromatic nitrogens is 3. The average molecular weight is 370 g/mol. The van der Waals surface area contributed by atoms with Gasteiger partial charge in [-0.05, 0) is 38.1 Å². The first-order valence-corrected chi connectivity index (χ1v) is 8.86. The number of aryl methyl sites for hydroxylation is 2. The van der Waals surface area contributed by atoms with E-state index in [2.05, 4.69) is 15.4 Å². The van der Waals surface area contributed by atoms with Crippen molar-refractivity contribution in [3.05, 3.63) is 63.4 Å². The van der Waals surface area contributed by atoms with Gasteiger partial charge in [-0.2, -0.15) is 5.10 Å². The molecular weight excluding hydrogens is 352 g/mol. The van der Waals surface area contributed by atoms with Crippen molar-refractivity contribution in [3.63, 3.8) is 0 Å². The molecule has 3 aromatic rings. The fraction of sp³-hybridized carbons (Fsp3) is 0.222. The van der Waals surface area contributed by atoms with Crippen LogP contribution >= 0.6 is 11.3 Å². The first kappa shape index (κ1) is 17.8. The van der Waals surface area contributed by atoms with Crippen LogP contribution in [0.5, 0.6) is 0 Å². The molecule has 0 saturated carbocycles. The predicted octanol–water partition coefficient (Wildman–Crippen LogP) is 2.41. The summed E-state index contributed by atoms with van der Waals surface area (Å²) < 4.78 is 6.46. The summed E-state index contributed by atoms with van der Waals surface area (Å²) in [5.41, 5.74) is 1.38. The van der Waals surface area contributed by atoms with Gasteiger partial charge in [0, 0.05) is 18.7 Å². The Morgan fingerprint density at radius 2 is 2.19 bits per heavy atom. The zero-order valence-corrected chi connectivity index (χ0v) is 15.2. The lowest BCUT2D eigenvalue weighted by molar-refractivity contribution is -0.116. The van der Waals surface area contributed by atoms with E-state index in [1.807, 2.05) is 13.8 Å². The zero-order chi connectivity index (χ0) is 18.5. The molecule has 134 valence electrons. The van der Waals surface area contributed by atoms with Gasteiger partial charge in [-0.15, -0.1) is 11.3 Å². The molecule has 0 atom stereocenters. The van der Waals surface area contributed by atoms with Crippen molar-refractivity contribution in [2.75, 3.05) is 6.54 Å². The van der Waals surface area contributed by atoms with Gasteiger partial charge < -0.3 is 9.73 Å². The molecule has 0 aliphatic heterocycles. The van der Waals surface area contributed by atoms with Crippen molar-refractivity contribution in [1.82, 2.24) is 20.1 Å². The molecule has 0 saturated heterocycles. The second-order valence-corrected chi connectivity index (χ2v) is 6.77. The van der Waals surface area contributed by atoms with Crippen molar-refractivity contribution in [2.24, 2.45) is 0 Å². The summed E-state index contributed by atoms with van der Waals surface area (Å²) in [6, 6.07) is 6.68. The topological polar surface area (TPSA) is 90.0 Å². The van der Waals surface area contributed by atoms with E-state index >= 15 is 0 Å². The number of rotatable bonds is 6. The Hall–Kier alpha value is -3.00. The Bertz CT molecular complexity index is 986. The van der Waals surface area contributed by atoms with Gasteiger partial charge in [0.2, 0.25) is 5.91 Å². The highest BCUT2D eigenvalue weighted by atomic mass is 32.1. The van der Waals surface area contributed by atoms with E-state index in [0.29, 0.717) is 18.0 Å². The van der Waals surface area contributed by atoms with Crippen LogP contribution in [0.25, 0.3) is 16.6 Å². The summed E-state index contributed by atoms with van der Waals surface area (Å²) in [5, 5.41) is 8.06. The summed E-state index contributed by atoms with van der Waals surface area (Å²) in [4.78, 5) is 29.1. The lowest BCUT2D eigenvalue weighted by atomic mass is 10.3. The zero-order valence-electron chi connectivity index (χ0n) is 14.4. The molecule has 0 bridgehead atoms. The van der Waals surface area contributed by atoms with Crippen LogP contribution in [0.2, 0.25) is 0 Å². The van der Waals surface area contributed by atoms with Gasteiger partial charge in [0.25, 0.3) is 5.56 Å². The molecule has 8 heteroatoms. The maximum Gasteiger partial charge on any atom is 0.266 e. The van der Waals surface area contributed by atoms with E-state index in [1.165, 1.54) is 34.4 Å². The van der Waals surface area contributed by atoms with Crippen molar-refractivity contribution in [3.8, 4) is 10.6 Å². The number of nitrogens with one attached hydrogen (secondary N) is 1. The van der Waals surface area contributed by atoms with E-state index in [0.717, 1.165) is 15.6 Å². The normalized spacial score (nSPS) is 11.2. The Balaban J connectivity index is 1.63. The van der Waals surface area contributed by atoms with Gasteiger partial charge in [0.05, 0.1) is 28.4 Å². The summed E-state index contributed by atoms with van der Waals surface area (Å²) in [6.45, 7) is 4.42. The smallest absolute Gasteiger partial charge is 0.266 e. The molecule has 7 nitrogen and oxygen atoms in total. The highest BCUT2D eigenvalue weighted by Crippen LogP contribution is 2.27. The minimum absolute atomic E-state index is 0.215. The molecule has 0 aromatic carbocycles. The Kier molecular flexibility index (Phi) is 5.43. The SMILES string of the molecule is Cc1nc(C)c(-c2ccc(=O)n(CCNC(=O)/C=C/c3ccco3)n2)s1. The van der Waals surface area contributed by atoms with Crippen LogP contribution in [0.15, 0.2) is 45.8 Å². The van der Waals surface area contributed by atoms with Crippen LogP contribution in [0.3, 0.4) is 0 Å². The van der Waals surface area contributed by atoms with Crippen molar-refractivity contribution >= 4 is 23.3 Å². The lowest BCUT2D eigenvalue weighted by Gasteiger charge is -2.07. The van der Waals surface area contributed by atoms with Gasteiger partial charge in [-0.3, -0.25) is 9.59 Å². The molecule has 3 heterocycles. The van der Waals surface area contributed by atoms with Crippen LogP contribution in [0.1, 0.15) is 16.5 Å². The van der Waals surface area contributed by atoms with Gasteiger partial charge in [0.15, 0.2) is 0 Å². The van der Waals surface area contributed by atoms with Crippen LogP contribution in [0.4, 0.5) is 0 Å². The molecule has 26 heavy (non-hydrogen) atoms. The monoisotopic (exact) mass is 370 g/mol. The molecule has 1 amide bonds. The van der Waals surface area contributed by atoms with E-state index in [9.17, 15) is 9.59 Å². The van der Waals surface area contributed by atoms with E-state index in [4.69, 9.17) is 4.42 Å². The summed E-state index contributed by atoms with van der Waals surface area (Å²) >= 11 is 1.54. The van der Waals surface area contributed by atoms with Gasteiger partial charge >= 0.3 is 0 Å². The Morgan fingerprint density at radius 1 is 1.35 bits per heavy atom. The number of hydrogen-bond acceptors (Lipinski definition) is 6. The summed E-state index contributed by atoms with van der Waals surface area (Å²) in [7, 11) is 0. The Labute approximate surface area is 154 Å². The maximum absolute atomic E-state index is 12.0. The molecule has 0 unspecified atom stereocenters. The van der Waals surface area contributed by atoms with E-state index < -0.39 is 0 Å². The third-order valence-corrected chi connectivity index (χ3v) is 4.66. The molecular formula is C18H18N4O3S. The second-order valence-electron chi connectivity index (χ2n) is 5.57. The maximum atomic E-state index is 12.0. The first-order chi connectivity index (χ1) is 12.5. The molecule has 0 aliphatic carbocycles. The highest BCUT2D eigenvalue weighted by Gasteiger charge is 2.10. The number of carbonyl (C=O) groups excluding carboxylic acids is 1. The number of nitrogens with zero attached hydrogens (tertiary/aromatic N) is 3. The van der Waals surface area contributed by atoms with E-state index in [-0.39, 0.29) is 18.0 Å². The predicted molar refractivity (Wildman–Crippen MR) is 99.8 cm³/mol. The summed E-state index contributed by atoms with van der Waals surface area (Å²) in [6.07, 6.45) is 4.50. The van der Waals surface area contributed by atoms with Crippen molar-refractivity contribution < 1.29 is 9.21 Å². The first-order valence-electron chi connectivity index (χ1n) is 8.05. The minimum atomic E-state index is -0.264. The molecule has 3 rings (SSSR count). The van der Waals surface area contributed by atoms with Crippen LogP contribution in [-0.2, 0) is 11.3 Å². The largest absolute Gasteiger partial charge is 0.465 e. The standard InChI is InChI=1S/C18H18N4O3S/c1-12-18(26-13(2)20-12)15-6-8-17(24)22(21-15)10-9-19-16(23)7-5-14-4-3-11-25-14/h3-8,11H,9-10H2,1-2H3,(H,19,23)/b7-5+. The third kappa shape index (κ3) is 4.34. The molecule has 3 aromatic heterocycles. The van der Waals surface area contributed by atoms with Gasteiger partial charge in [0.1, 0.15) is 11.5 Å². The van der Waals surface area contributed by atoms with Gasteiger partial charge in [-0.1, -0.05) is 0 Å². The van der Waals surface area contributed by atoms with Gasteiger partial charge in [-0.25, -0.2) is 9.67 Å². The van der Waals surface area contributed by atoms with Crippen LogP contribution in [-0.4, -0.2) is 27.2 Å². The number of thiazole rings is 1. The quantitative estimate of drug-likeness (QED) is 0.673. The third-order valence-electron chi connectivity index (χ3n) is 3.57.